The third-order valence-electron chi connectivity index (χ3n) is 6.29. The average molecular weight is 600 g/mol. The average Bonchev–Trinajstić information content (AvgIpc) is 3.63. The minimum atomic E-state index is 0.349. The van der Waals surface area contributed by atoms with Gasteiger partial charge in [-0.15, -0.1) is 0 Å². The summed E-state index contributed by atoms with van der Waals surface area (Å²) < 4.78 is 11.6. The molecule has 0 spiro atoms. The van der Waals surface area contributed by atoms with Crippen LogP contribution in [0.2, 0.25) is 0 Å². The van der Waals surface area contributed by atoms with Gasteiger partial charge in [-0.05, 0) is 0 Å². The maximum absolute atomic E-state index is 4.18. The van der Waals surface area contributed by atoms with Crippen molar-refractivity contribution in [3.63, 3.8) is 0 Å². The van der Waals surface area contributed by atoms with Gasteiger partial charge in [0.2, 0.25) is 0 Å². The first-order valence-corrected chi connectivity index (χ1v) is 15.9. The van der Waals surface area contributed by atoms with Gasteiger partial charge < -0.3 is 0 Å². The van der Waals surface area contributed by atoms with E-state index in [1.807, 2.05) is 47.5 Å². The normalized spacial score (nSPS) is 12.1. The van der Waals surface area contributed by atoms with E-state index in [9.17, 15) is 0 Å². The summed E-state index contributed by atoms with van der Waals surface area (Å²) in [7, 11) is 0. The molecule has 160 valence electrons. The van der Waals surface area contributed by atoms with Crippen LogP contribution in [0.15, 0.2) is 85.5 Å². The summed E-state index contributed by atoms with van der Waals surface area (Å²) in [5, 5.41) is 5.63. The Morgan fingerprint density at radius 2 is 0.971 bits per heavy atom. The van der Waals surface area contributed by atoms with Gasteiger partial charge in [-0.1, -0.05) is 0 Å². The molecule has 0 aliphatic rings. The van der Waals surface area contributed by atoms with E-state index in [4.69, 9.17) is 0 Å². The second kappa shape index (κ2) is 7.47. The van der Waals surface area contributed by atoms with Crippen LogP contribution < -0.4 is 0 Å². The summed E-state index contributed by atoms with van der Waals surface area (Å²) in [5.41, 5.74) is 2.61. The number of pyridine rings is 2. The van der Waals surface area contributed by atoms with E-state index in [1.54, 1.807) is 0 Å². The Morgan fingerprint density at radius 1 is 0.529 bits per heavy atom. The van der Waals surface area contributed by atoms with Crippen LogP contribution in [0.25, 0.3) is 68.9 Å². The number of benzene rings is 2. The molecule has 0 N–H and O–H groups in total. The van der Waals surface area contributed by atoms with Crippen LogP contribution in [0.4, 0.5) is 0 Å². The van der Waals surface area contributed by atoms with Gasteiger partial charge in [0.05, 0.1) is 0 Å². The fourth-order valence-electron chi connectivity index (χ4n) is 4.64. The number of rotatable bonds is 2. The van der Waals surface area contributed by atoms with Crippen LogP contribution in [0.1, 0.15) is 0 Å². The molecule has 2 nitrogen and oxygen atoms in total. The van der Waals surface area contributed by atoms with Gasteiger partial charge in [0.25, 0.3) is 0 Å². The van der Waals surface area contributed by atoms with Crippen molar-refractivity contribution in [2.24, 2.45) is 0 Å². The summed E-state index contributed by atoms with van der Waals surface area (Å²) in [6.07, 6.45) is 7.57. The minimum absolute atomic E-state index is 0.349. The molecule has 0 amide bonds. The molecule has 8 aromatic rings. The van der Waals surface area contributed by atoms with Crippen molar-refractivity contribution in [2.45, 2.75) is 0 Å². The van der Waals surface area contributed by atoms with Gasteiger partial charge in [-0.3, -0.25) is 0 Å². The van der Waals surface area contributed by atoms with E-state index >= 15 is 0 Å². The van der Waals surface area contributed by atoms with Crippen LogP contribution in [-0.2, 0) is 0 Å². The molecule has 0 aliphatic heterocycles. The van der Waals surface area contributed by atoms with Crippen molar-refractivity contribution in [1.82, 2.24) is 9.97 Å². The quantitative estimate of drug-likeness (QED) is 0.189. The first-order chi connectivity index (χ1) is 16.8. The Bertz CT molecular complexity index is 1860. The first-order valence-electron chi connectivity index (χ1n) is 10.9. The van der Waals surface area contributed by atoms with Crippen molar-refractivity contribution in [1.29, 1.82) is 0 Å². The maximum atomic E-state index is 4.18. The van der Waals surface area contributed by atoms with Crippen molar-refractivity contribution >= 4 is 101 Å². The second-order valence-electron chi connectivity index (χ2n) is 8.33. The van der Waals surface area contributed by atoms with Crippen LogP contribution in [0, 0.1) is 0 Å². The SMILES string of the molecule is c1cc(-c2cc3cc4c(cc3[se]2)sc2c3cc5cc(-c6ccncc6)[se]c5cc3sc42)ccn1. The summed E-state index contributed by atoms with van der Waals surface area (Å²) in [6, 6.07) is 23.1. The van der Waals surface area contributed by atoms with E-state index in [0.29, 0.717) is 29.0 Å². The molecule has 6 heterocycles. The molecule has 0 saturated carbocycles. The zero-order valence-corrected chi connectivity index (χ0v) is 22.7. The number of fused-ring (bicyclic) bond motifs is 7. The summed E-state index contributed by atoms with van der Waals surface area (Å²) >= 11 is 4.63. The number of hydrogen-bond acceptors (Lipinski definition) is 4. The van der Waals surface area contributed by atoms with E-state index in [1.165, 1.54) is 68.9 Å². The topological polar surface area (TPSA) is 25.8 Å². The first kappa shape index (κ1) is 19.7. The van der Waals surface area contributed by atoms with Gasteiger partial charge in [-0.2, -0.15) is 0 Å². The van der Waals surface area contributed by atoms with E-state index in [2.05, 4.69) is 70.6 Å². The molecular formula is C28H14N2S2Se2. The molecule has 6 heteroatoms. The van der Waals surface area contributed by atoms with Crippen molar-refractivity contribution < 1.29 is 0 Å². The van der Waals surface area contributed by atoms with E-state index in [0.717, 1.165) is 0 Å². The third-order valence-corrected chi connectivity index (χ3v) is 13.6. The predicted octanol–water partition coefficient (Wildman–Crippen LogP) is 7.81. The molecule has 2 aromatic carbocycles. The molecule has 0 radical (unpaired) electrons. The van der Waals surface area contributed by atoms with E-state index < -0.39 is 0 Å². The number of aromatic nitrogens is 2. The van der Waals surface area contributed by atoms with Gasteiger partial charge >= 0.3 is 216 Å². The molecule has 6 aromatic heterocycles. The van der Waals surface area contributed by atoms with E-state index in [-0.39, 0.29) is 0 Å². The van der Waals surface area contributed by atoms with Crippen molar-refractivity contribution in [2.75, 3.05) is 0 Å². The molecule has 0 aliphatic carbocycles. The van der Waals surface area contributed by atoms with Gasteiger partial charge in [0.1, 0.15) is 0 Å². The Labute approximate surface area is 214 Å². The molecule has 0 saturated heterocycles. The van der Waals surface area contributed by atoms with Crippen molar-refractivity contribution in [3.8, 4) is 20.0 Å². The van der Waals surface area contributed by atoms with Crippen molar-refractivity contribution in [3.05, 3.63) is 85.5 Å². The van der Waals surface area contributed by atoms with Gasteiger partial charge in [0, 0.05) is 0 Å². The molecular weight excluding hydrogens is 586 g/mol. The van der Waals surface area contributed by atoms with Crippen LogP contribution in [-0.4, -0.2) is 39.0 Å². The fourth-order valence-corrected chi connectivity index (χ4v) is 12.2. The van der Waals surface area contributed by atoms with Crippen LogP contribution in [0.3, 0.4) is 0 Å². The monoisotopic (exact) mass is 602 g/mol. The van der Waals surface area contributed by atoms with Gasteiger partial charge in [0.15, 0.2) is 0 Å². The number of hydrogen-bond donors (Lipinski definition) is 0. The summed E-state index contributed by atoms with van der Waals surface area (Å²) in [5.74, 6) is 0. The standard InChI is InChI=1S/C28H14N2S2Se2/c1-5-29-6-2-15(1)23-11-17-9-19-21(13-25(17)33-23)31-28-20-10-18-12-24(16-3-7-30-8-4-16)34-26(18)14-22(20)32-27(19)28/h1-14H. The molecule has 0 bridgehead atoms. The Kier molecular flexibility index (Phi) is 4.33. The zero-order chi connectivity index (χ0) is 22.2. The summed E-state index contributed by atoms with van der Waals surface area (Å²) in [4.78, 5) is 8.35. The molecule has 0 fully saturated rings. The summed E-state index contributed by atoms with van der Waals surface area (Å²) in [6.45, 7) is 0. The Hall–Kier alpha value is -2.56. The van der Waals surface area contributed by atoms with Gasteiger partial charge in [-0.25, -0.2) is 0 Å². The fraction of sp³-hybridized carbons (Fsp3) is 0. The molecule has 0 atom stereocenters. The second-order valence-corrected chi connectivity index (χ2v) is 15.0. The van der Waals surface area contributed by atoms with Crippen LogP contribution in [0.5, 0.6) is 0 Å². The zero-order valence-electron chi connectivity index (χ0n) is 17.6. The molecule has 34 heavy (non-hydrogen) atoms. The number of nitrogens with zero attached hydrogens (tertiary/aromatic N) is 2. The molecule has 8 rings (SSSR count). The Balaban J connectivity index is 1.32. The number of thiophene rings is 2. The molecule has 0 unspecified atom stereocenters. The third kappa shape index (κ3) is 2.98. The predicted molar refractivity (Wildman–Crippen MR) is 150 cm³/mol. The van der Waals surface area contributed by atoms with Crippen LogP contribution >= 0.6 is 22.7 Å². The Morgan fingerprint density at radius 3 is 1.41 bits per heavy atom.